The lowest BCUT2D eigenvalue weighted by atomic mass is 10.1. The van der Waals surface area contributed by atoms with Crippen molar-refractivity contribution < 1.29 is 9.18 Å². The van der Waals surface area contributed by atoms with Gasteiger partial charge in [0.15, 0.2) is 0 Å². The molecule has 0 spiro atoms. The van der Waals surface area contributed by atoms with E-state index >= 15 is 0 Å². The average molecular weight is 379 g/mol. The predicted molar refractivity (Wildman–Crippen MR) is 111 cm³/mol. The van der Waals surface area contributed by atoms with Crippen molar-refractivity contribution in [2.24, 2.45) is 0 Å². The van der Waals surface area contributed by atoms with Crippen molar-refractivity contribution in [3.05, 3.63) is 76.7 Å². The Hall–Kier alpha value is -2.79. The van der Waals surface area contributed by atoms with Crippen LogP contribution >= 0.6 is 0 Å². The van der Waals surface area contributed by atoms with Crippen LogP contribution in [0.4, 0.5) is 4.39 Å². The summed E-state index contributed by atoms with van der Waals surface area (Å²) in [6, 6.07) is 14.4. The lowest BCUT2D eigenvalue weighted by molar-refractivity contribution is 0.0950. The zero-order chi connectivity index (χ0) is 20.1. The van der Waals surface area contributed by atoms with Gasteiger partial charge in [-0.05, 0) is 49.3 Å². The highest BCUT2D eigenvalue weighted by molar-refractivity contribution is 5.98. The number of benzene rings is 2. The first kappa shape index (κ1) is 20.0. The summed E-state index contributed by atoms with van der Waals surface area (Å²) < 4.78 is 13.4. The molecule has 1 amide bonds. The first-order valence-corrected chi connectivity index (χ1v) is 9.66. The summed E-state index contributed by atoms with van der Waals surface area (Å²) in [4.78, 5) is 19.5. The first-order chi connectivity index (χ1) is 13.5. The van der Waals surface area contributed by atoms with Crippen molar-refractivity contribution >= 4 is 16.8 Å². The van der Waals surface area contributed by atoms with Gasteiger partial charge in [0.25, 0.3) is 5.91 Å². The largest absolute Gasteiger partial charge is 0.348 e. The van der Waals surface area contributed by atoms with Gasteiger partial charge in [-0.15, -0.1) is 0 Å². The summed E-state index contributed by atoms with van der Waals surface area (Å²) in [6.45, 7) is 9.36. The highest BCUT2D eigenvalue weighted by Crippen LogP contribution is 2.18. The Labute approximate surface area is 165 Å². The van der Waals surface area contributed by atoms with Crippen LogP contribution < -0.4 is 5.32 Å². The number of rotatable bonds is 7. The Morgan fingerprint density at radius 3 is 2.50 bits per heavy atom. The van der Waals surface area contributed by atoms with E-state index in [9.17, 15) is 9.18 Å². The fourth-order valence-corrected chi connectivity index (χ4v) is 3.31. The predicted octanol–water partition coefficient (Wildman–Crippen LogP) is 4.45. The lowest BCUT2D eigenvalue weighted by Gasteiger charge is -2.20. The second kappa shape index (κ2) is 8.93. The fourth-order valence-electron chi connectivity index (χ4n) is 3.31. The minimum absolute atomic E-state index is 0.172. The van der Waals surface area contributed by atoms with Crippen LogP contribution in [0.5, 0.6) is 0 Å². The Morgan fingerprint density at radius 1 is 1.07 bits per heavy atom. The topological polar surface area (TPSA) is 45.2 Å². The minimum atomic E-state index is -0.332. The van der Waals surface area contributed by atoms with E-state index < -0.39 is 0 Å². The van der Waals surface area contributed by atoms with Crippen molar-refractivity contribution in [1.82, 2.24) is 15.2 Å². The zero-order valence-corrected chi connectivity index (χ0v) is 16.6. The molecule has 3 rings (SSSR count). The van der Waals surface area contributed by atoms with Crippen LogP contribution in [0.15, 0.2) is 48.5 Å². The molecule has 28 heavy (non-hydrogen) atoms. The maximum Gasteiger partial charge on any atom is 0.253 e. The van der Waals surface area contributed by atoms with Crippen LogP contribution in [-0.2, 0) is 13.1 Å². The van der Waals surface area contributed by atoms with Gasteiger partial charge >= 0.3 is 0 Å². The third kappa shape index (κ3) is 4.54. The SMILES string of the molecule is CCN(CC)Cc1ccccc1CNC(=O)c1cc2ccc(F)cc2nc1C. The third-order valence-electron chi connectivity index (χ3n) is 5.06. The molecule has 0 unspecified atom stereocenters. The van der Waals surface area contributed by atoms with Gasteiger partial charge in [0.05, 0.1) is 16.8 Å². The van der Waals surface area contributed by atoms with E-state index in [-0.39, 0.29) is 11.7 Å². The number of pyridine rings is 1. The number of nitrogens with zero attached hydrogens (tertiary/aromatic N) is 2. The number of nitrogens with one attached hydrogen (secondary N) is 1. The molecule has 0 fully saturated rings. The molecule has 5 heteroatoms. The van der Waals surface area contributed by atoms with Crippen LogP contribution in [0.2, 0.25) is 0 Å². The van der Waals surface area contributed by atoms with Gasteiger partial charge in [-0.1, -0.05) is 38.1 Å². The van der Waals surface area contributed by atoms with Crippen LogP contribution in [0.25, 0.3) is 10.9 Å². The Bertz CT molecular complexity index is 983. The summed E-state index contributed by atoms with van der Waals surface area (Å²) in [5, 5.41) is 3.76. The highest BCUT2D eigenvalue weighted by Gasteiger charge is 2.13. The molecule has 3 aromatic rings. The van der Waals surface area contributed by atoms with Gasteiger partial charge < -0.3 is 5.32 Å². The molecular weight excluding hydrogens is 353 g/mol. The molecule has 1 N–H and O–H groups in total. The van der Waals surface area contributed by atoms with Crippen LogP contribution in [0.1, 0.15) is 41.0 Å². The molecule has 1 aromatic heterocycles. The molecule has 0 aliphatic rings. The van der Waals surface area contributed by atoms with Gasteiger partial charge in [-0.3, -0.25) is 14.7 Å². The number of carbonyl (C=O) groups is 1. The number of hydrogen-bond acceptors (Lipinski definition) is 3. The van der Waals surface area contributed by atoms with Crippen molar-refractivity contribution in [2.75, 3.05) is 13.1 Å². The molecule has 1 heterocycles. The van der Waals surface area contributed by atoms with Crippen molar-refractivity contribution in [3.8, 4) is 0 Å². The number of halogens is 1. The van der Waals surface area contributed by atoms with Crippen molar-refractivity contribution in [3.63, 3.8) is 0 Å². The summed E-state index contributed by atoms with van der Waals surface area (Å²) in [5.41, 5.74) is 3.98. The van der Waals surface area contributed by atoms with E-state index in [1.807, 2.05) is 18.2 Å². The van der Waals surface area contributed by atoms with Crippen LogP contribution in [0, 0.1) is 12.7 Å². The second-order valence-corrected chi connectivity index (χ2v) is 6.87. The quantitative estimate of drug-likeness (QED) is 0.659. The van der Waals surface area contributed by atoms with Gasteiger partial charge in [0, 0.05) is 24.5 Å². The van der Waals surface area contributed by atoms with Gasteiger partial charge in [-0.2, -0.15) is 0 Å². The van der Waals surface area contributed by atoms with E-state index in [1.54, 1.807) is 19.1 Å². The molecule has 0 bridgehead atoms. The van der Waals surface area contributed by atoms with E-state index in [0.29, 0.717) is 23.3 Å². The lowest BCUT2D eigenvalue weighted by Crippen LogP contribution is -2.26. The molecule has 2 aromatic carbocycles. The molecular formula is C23H26FN3O. The van der Waals surface area contributed by atoms with Gasteiger partial charge in [0.1, 0.15) is 5.82 Å². The van der Waals surface area contributed by atoms with Crippen LogP contribution in [0.3, 0.4) is 0 Å². The standard InChI is InChI=1S/C23H26FN3O/c1-4-27(5-2)15-19-9-7-6-8-18(19)14-25-23(28)21-12-17-10-11-20(24)13-22(17)26-16(21)3/h6-13H,4-5,14-15H2,1-3H3,(H,25,28). The number of carbonyl (C=O) groups excluding carboxylic acids is 1. The zero-order valence-electron chi connectivity index (χ0n) is 16.6. The van der Waals surface area contributed by atoms with Crippen molar-refractivity contribution in [2.45, 2.75) is 33.9 Å². The molecule has 0 saturated heterocycles. The van der Waals surface area contributed by atoms with Gasteiger partial charge in [-0.25, -0.2) is 4.39 Å². The van der Waals surface area contributed by atoms with E-state index in [4.69, 9.17) is 0 Å². The molecule has 0 aliphatic carbocycles. The van der Waals surface area contributed by atoms with Crippen molar-refractivity contribution in [1.29, 1.82) is 0 Å². The first-order valence-electron chi connectivity index (χ1n) is 9.66. The summed E-state index contributed by atoms with van der Waals surface area (Å²) in [7, 11) is 0. The number of aromatic nitrogens is 1. The molecule has 0 saturated carbocycles. The third-order valence-corrected chi connectivity index (χ3v) is 5.06. The second-order valence-electron chi connectivity index (χ2n) is 6.87. The summed E-state index contributed by atoms with van der Waals surface area (Å²) in [5.74, 6) is -0.504. The molecule has 0 aliphatic heterocycles. The molecule has 0 atom stereocenters. The van der Waals surface area contributed by atoms with Gasteiger partial charge in [0.2, 0.25) is 0 Å². The molecule has 146 valence electrons. The molecule has 0 radical (unpaired) electrons. The monoisotopic (exact) mass is 379 g/mol. The molecule has 4 nitrogen and oxygen atoms in total. The average Bonchev–Trinajstić information content (AvgIpc) is 2.70. The smallest absolute Gasteiger partial charge is 0.253 e. The fraction of sp³-hybridized carbons (Fsp3) is 0.304. The normalized spacial score (nSPS) is 11.2. The number of aryl methyl sites for hydroxylation is 1. The number of amides is 1. The maximum atomic E-state index is 13.4. The Balaban J connectivity index is 1.77. The van der Waals surface area contributed by atoms with E-state index in [1.165, 1.54) is 17.7 Å². The maximum absolute atomic E-state index is 13.4. The summed E-state index contributed by atoms with van der Waals surface area (Å²) >= 11 is 0. The Morgan fingerprint density at radius 2 is 1.79 bits per heavy atom. The summed E-state index contributed by atoms with van der Waals surface area (Å²) in [6.07, 6.45) is 0. The van der Waals surface area contributed by atoms with E-state index in [0.717, 1.165) is 30.6 Å². The van der Waals surface area contributed by atoms with Crippen LogP contribution in [-0.4, -0.2) is 28.9 Å². The number of hydrogen-bond donors (Lipinski definition) is 1. The Kier molecular flexibility index (Phi) is 6.37. The minimum Gasteiger partial charge on any atom is -0.348 e. The number of fused-ring (bicyclic) bond motifs is 1. The van der Waals surface area contributed by atoms with E-state index in [2.05, 4.69) is 35.1 Å². The highest BCUT2D eigenvalue weighted by atomic mass is 19.1.